The van der Waals surface area contributed by atoms with Crippen LogP contribution in [0.25, 0.3) is 0 Å². The van der Waals surface area contributed by atoms with Gasteiger partial charge in [-0.2, -0.15) is 0 Å². The number of esters is 1. The Labute approximate surface area is 179 Å². The summed E-state index contributed by atoms with van der Waals surface area (Å²) >= 11 is 3.27. The summed E-state index contributed by atoms with van der Waals surface area (Å²) in [5.74, 6) is -1.16. The molecule has 0 fully saturated rings. The predicted molar refractivity (Wildman–Crippen MR) is 114 cm³/mol. The molecule has 0 saturated heterocycles. The maximum Gasteiger partial charge on any atom is 0.310 e. The van der Waals surface area contributed by atoms with Gasteiger partial charge in [0.1, 0.15) is 0 Å². The highest BCUT2D eigenvalue weighted by atomic mass is 79.9. The molecule has 2 aromatic carbocycles. The molecule has 0 aromatic heterocycles. The Morgan fingerprint density at radius 3 is 2.41 bits per heavy atom. The third-order valence-electron chi connectivity index (χ3n) is 4.25. The minimum Gasteiger partial charge on any atom is -0.469 e. The van der Waals surface area contributed by atoms with E-state index in [2.05, 4.69) is 20.7 Å². The van der Waals surface area contributed by atoms with Crippen molar-refractivity contribution in [3.63, 3.8) is 0 Å². The van der Waals surface area contributed by atoms with E-state index in [4.69, 9.17) is 4.74 Å². The number of carbonyl (C=O) groups is 2. The van der Waals surface area contributed by atoms with Crippen molar-refractivity contribution >= 4 is 43.5 Å². The average Bonchev–Trinajstić information content (AvgIpc) is 2.70. The first kappa shape index (κ1) is 22.9. The van der Waals surface area contributed by atoms with E-state index in [0.717, 1.165) is 4.47 Å². The second-order valence-electron chi connectivity index (χ2n) is 6.41. The lowest BCUT2D eigenvalue weighted by atomic mass is 10.1. The number of hydrogen-bond acceptors (Lipinski definition) is 5. The van der Waals surface area contributed by atoms with Gasteiger partial charge in [0.15, 0.2) is 0 Å². The average molecular weight is 483 g/mol. The lowest BCUT2D eigenvalue weighted by Crippen LogP contribution is -2.37. The van der Waals surface area contributed by atoms with Crippen molar-refractivity contribution < 1.29 is 22.7 Å². The monoisotopic (exact) mass is 482 g/mol. The number of nitrogens with one attached hydrogen (secondary N) is 1. The summed E-state index contributed by atoms with van der Waals surface area (Å²) in [4.78, 5) is 26.1. The first-order valence-corrected chi connectivity index (χ1v) is 11.2. The number of rotatable bonds is 8. The van der Waals surface area contributed by atoms with Gasteiger partial charge in [-0.15, -0.1) is 0 Å². The summed E-state index contributed by atoms with van der Waals surface area (Å²) in [6.45, 7) is 4.10. The number of amides is 1. The SMILES string of the molecule is CCN(CC(C)C(=O)OC)C(=O)c1cccc(NS(=O)(=O)c2ccc(Br)cc2)c1. The van der Waals surface area contributed by atoms with E-state index in [-0.39, 0.29) is 23.0 Å². The Bertz CT molecular complexity index is 977. The number of carbonyl (C=O) groups excluding carboxylic acids is 2. The van der Waals surface area contributed by atoms with Crippen molar-refractivity contribution in [3.8, 4) is 0 Å². The fourth-order valence-corrected chi connectivity index (χ4v) is 4.00. The molecule has 0 aliphatic rings. The molecule has 0 aliphatic heterocycles. The molecule has 0 radical (unpaired) electrons. The maximum atomic E-state index is 12.8. The van der Waals surface area contributed by atoms with Crippen LogP contribution in [0.4, 0.5) is 5.69 Å². The van der Waals surface area contributed by atoms with Crippen LogP contribution in [0.5, 0.6) is 0 Å². The van der Waals surface area contributed by atoms with Gasteiger partial charge in [0, 0.05) is 28.8 Å². The van der Waals surface area contributed by atoms with E-state index < -0.39 is 21.9 Å². The molecule has 7 nitrogen and oxygen atoms in total. The predicted octanol–water partition coefficient (Wildman–Crippen LogP) is 3.52. The molecule has 1 unspecified atom stereocenters. The van der Waals surface area contributed by atoms with E-state index in [0.29, 0.717) is 12.1 Å². The Hall–Kier alpha value is -2.39. The zero-order chi connectivity index (χ0) is 21.6. The summed E-state index contributed by atoms with van der Waals surface area (Å²) in [7, 11) is -2.49. The molecule has 156 valence electrons. The van der Waals surface area contributed by atoms with Crippen molar-refractivity contribution in [2.75, 3.05) is 24.9 Å². The summed E-state index contributed by atoms with van der Waals surface area (Å²) in [6, 6.07) is 12.5. The molecule has 0 bridgehead atoms. The van der Waals surface area contributed by atoms with Gasteiger partial charge in [-0.3, -0.25) is 14.3 Å². The number of anilines is 1. The normalized spacial score (nSPS) is 12.1. The molecule has 1 atom stereocenters. The number of sulfonamides is 1. The van der Waals surface area contributed by atoms with Gasteiger partial charge >= 0.3 is 5.97 Å². The maximum absolute atomic E-state index is 12.8. The Morgan fingerprint density at radius 1 is 1.17 bits per heavy atom. The molecular weight excluding hydrogens is 460 g/mol. The first-order chi connectivity index (χ1) is 13.7. The molecule has 0 saturated carbocycles. The van der Waals surface area contributed by atoms with Crippen LogP contribution in [0.2, 0.25) is 0 Å². The second kappa shape index (κ2) is 9.89. The van der Waals surface area contributed by atoms with Crippen LogP contribution in [0, 0.1) is 5.92 Å². The third kappa shape index (κ3) is 6.04. The molecule has 2 rings (SSSR count). The van der Waals surface area contributed by atoms with Gasteiger partial charge in [-0.05, 0) is 49.4 Å². The van der Waals surface area contributed by atoms with E-state index in [1.54, 1.807) is 37.3 Å². The zero-order valence-corrected chi connectivity index (χ0v) is 18.8. The van der Waals surface area contributed by atoms with E-state index in [1.165, 1.54) is 30.2 Å². The van der Waals surface area contributed by atoms with Crippen LogP contribution in [0.1, 0.15) is 24.2 Å². The standard InChI is InChI=1S/C20H23BrN2O5S/c1-4-23(13-14(2)20(25)28-3)19(24)15-6-5-7-17(12-15)22-29(26,27)18-10-8-16(21)9-11-18/h5-12,14,22H,4,13H2,1-3H3. The third-order valence-corrected chi connectivity index (χ3v) is 6.18. The number of ether oxygens (including phenoxy) is 1. The smallest absolute Gasteiger partial charge is 0.310 e. The van der Waals surface area contributed by atoms with Gasteiger partial charge in [-0.25, -0.2) is 8.42 Å². The summed E-state index contributed by atoms with van der Waals surface area (Å²) in [6.07, 6.45) is 0. The van der Waals surface area contributed by atoms with Gasteiger partial charge < -0.3 is 9.64 Å². The minimum absolute atomic E-state index is 0.111. The Kier molecular flexibility index (Phi) is 7.80. The lowest BCUT2D eigenvalue weighted by Gasteiger charge is -2.23. The number of benzene rings is 2. The number of hydrogen-bond donors (Lipinski definition) is 1. The van der Waals surface area contributed by atoms with Crippen molar-refractivity contribution in [1.29, 1.82) is 0 Å². The van der Waals surface area contributed by atoms with Crippen molar-refractivity contribution in [1.82, 2.24) is 4.90 Å². The highest BCUT2D eigenvalue weighted by molar-refractivity contribution is 9.10. The number of halogens is 1. The van der Waals surface area contributed by atoms with Crippen molar-refractivity contribution in [2.45, 2.75) is 18.7 Å². The van der Waals surface area contributed by atoms with Gasteiger partial charge in [0.05, 0.1) is 17.9 Å². The number of nitrogens with zero attached hydrogens (tertiary/aromatic N) is 1. The van der Waals surface area contributed by atoms with Crippen LogP contribution in [0.15, 0.2) is 57.9 Å². The lowest BCUT2D eigenvalue weighted by molar-refractivity contribution is -0.145. The summed E-state index contributed by atoms with van der Waals surface area (Å²) in [5.41, 5.74) is 0.593. The van der Waals surface area contributed by atoms with E-state index in [1.807, 2.05) is 6.92 Å². The van der Waals surface area contributed by atoms with E-state index >= 15 is 0 Å². The number of methoxy groups -OCH3 is 1. The van der Waals surface area contributed by atoms with E-state index in [9.17, 15) is 18.0 Å². The van der Waals surface area contributed by atoms with Gasteiger partial charge in [0.25, 0.3) is 15.9 Å². The molecule has 0 heterocycles. The van der Waals surface area contributed by atoms with Crippen molar-refractivity contribution in [2.24, 2.45) is 5.92 Å². The Balaban J connectivity index is 2.20. The van der Waals surface area contributed by atoms with Gasteiger partial charge in [-0.1, -0.05) is 28.9 Å². The highest BCUT2D eigenvalue weighted by Gasteiger charge is 2.22. The first-order valence-electron chi connectivity index (χ1n) is 8.93. The van der Waals surface area contributed by atoms with Gasteiger partial charge in [0.2, 0.25) is 0 Å². The largest absolute Gasteiger partial charge is 0.469 e. The Morgan fingerprint density at radius 2 is 1.83 bits per heavy atom. The van der Waals surface area contributed by atoms with Crippen LogP contribution >= 0.6 is 15.9 Å². The van der Waals surface area contributed by atoms with Crippen LogP contribution in [0.3, 0.4) is 0 Å². The summed E-state index contributed by atoms with van der Waals surface area (Å²) in [5, 5.41) is 0. The zero-order valence-electron chi connectivity index (χ0n) is 16.4. The topological polar surface area (TPSA) is 92.8 Å². The fourth-order valence-electron chi connectivity index (χ4n) is 2.69. The molecule has 1 N–H and O–H groups in total. The molecule has 29 heavy (non-hydrogen) atoms. The minimum atomic E-state index is -3.79. The highest BCUT2D eigenvalue weighted by Crippen LogP contribution is 2.20. The molecule has 9 heteroatoms. The van der Waals surface area contributed by atoms with Crippen LogP contribution in [-0.4, -0.2) is 45.4 Å². The second-order valence-corrected chi connectivity index (χ2v) is 9.01. The molecule has 0 spiro atoms. The van der Waals surface area contributed by atoms with Crippen molar-refractivity contribution in [3.05, 3.63) is 58.6 Å². The molecule has 0 aliphatic carbocycles. The quantitative estimate of drug-likeness (QED) is 0.580. The fraction of sp³-hybridized carbons (Fsp3) is 0.300. The molecular formula is C20H23BrN2O5S. The summed E-state index contributed by atoms with van der Waals surface area (Å²) < 4.78 is 33.1. The van der Waals surface area contributed by atoms with Crippen LogP contribution in [-0.2, 0) is 19.6 Å². The molecule has 2 aromatic rings. The molecule has 1 amide bonds. The van der Waals surface area contributed by atoms with Crippen LogP contribution < -0.4 is 4.72 Å².